The summed E-state index contributed by atoms with van der Waals surface area (Å²) >= 11 is 3.05. The van der Waals surface area contributed by atoms with Gasteiger partial charge in [0.25, 0.3) is 15.8 Å². The van der Waals surface area contributed by atoms with Crippen molar-refractivity contribution in [2.75, 3.05) is 0 Å². The topological polar surface area (TPSA) is 178 Å². The number of guanidine groups is 1. The van der Waals surface area contributed by atoms with Gasteiger partial charge in [-0.1, -0.05) is 23.8 Å². The van der Waals surface area contributed by atoms with E-state index >= 15 is 0 Å². The van der Waals surface area contributed by atoms with E-state index in [1.807, 2.05) is 6.92 Å². The fourth-order valence-corrected chi connectivity index (χ4v) is 2.53. The molecule has 0 atom stereocenters. The van der Waals surface area contributed by atoms with Gasteiger partial charge in [-0.05, 0) is 41.1 Å². The first-order valence-corrected chi connectivity index (χ1v) is 9.53. The van der Waals surface area contributed by atoms with Gasteiger partial charge in [-0.3, -0.25) is 25.3 Å². The molecule has 0 aromatic heterocycles. The summed E-state index contributed by atoms with van der Waals surface area (Å²) in [5.41, 5.74) is 5.05. The van der Waals surface area contributed by atoms with E-state index in [4.69, 9.17) is 15.2 Å². The van der Waals surface area contributed by atoms with E-state index in [-0.39, 0.29) is 10.6 Å². The second-order valence-electron chi connectivity index (χ2n) is 5.11. The molecule has 0 amide bonds. The summed E-state index contributed by atoms with van der Waals surface area (Å²) in [5, 5.41) is 29.4. The molecule has 11 nitrogen and oxygen atoms in total. The molecule has 0 spiro atoms. The molecule has 0 unspecified atom stereocenters. The summed E-state index contributed by atoms with van der Waals surface area (Å²) in [6, 6.07) is 10.4. The molecule has 0 aliphatic heterocycles. The number of halogens is 1. The molecule has 13 heteroatoms. The monoisotopic (exact) mass is 473 g/mol. The number of nitro benzene ring substituents is 1. The lowest BCUT2D eigenvalue weighted by molar-refractivity contribution is -0.385. The fraction of sp³-hybridized carbons (Fsp3) is 0.0667. The Bertz CT molecular complexity index is 979. The van der Waals surface area contributed by atoms with Crippen molar-refractivity contribution in [3.63, 3.8) is 0 Å². The first-order valence-electron chi connectivity index (χ1n) is 7.30. The predicted molar refractivity (Wildman–Crippen MR) is 105 cm³/mol. The highest BCUT2D eigenvalue weighted by Crippen LogP contribution is 2.24. The molecule has 0 radical (unpaired) electrons. The van der Waals surface area contributed by atoms with Crippen LogP contribution in [0.15, 0.2) is 56.9 Å². The summed E-state index contributed by atoms with van der Waals surface area (Å²) in [6.07, 6.45) is 1.28. The molecular formula is C15H16BrN5O6S. The first-order chi connectivity index (χ1) is 13.0. The molecule has 2 rings (SSSR count). The Hall–Kier alpha value is -2.87. The second kappa shape index (κ2) is 10.5. The molecular weight excluding hydrogens is 458 g/mol. The van der Waals surface area contributed by atoms with E-state index in [1.165, 1.54) is 36.0 Å². The SMILES string of the molecule is Cc1ccc(S(=O)(=O)O)cc1.N=C(NO)NN=Cc1ccc(Br)c([N+](=O)[O-])c1. The zero-order chi connectivity index (χ0) is 21.3. The third-order valence-corrected chi connectivity index (χ3v) is 4.53. The average molecular weight is 474 g/mol. The van der Waals surface area contributed by atoms with Crippen LogP contribution in [-0.2, 0) is 10.1 Å². The third kappa shape index (κ3) is 7.79. The van der Waals surface area contributed by atoms with Gasteiger partial charge in [0, 0.05) is 11.6 Å². The second-order valence-corrected chi connectivity index (χ2v) is 7.39. The normalized spacial score (nSPS) is 10.7. The number of hydrazone groups is 1. The number of aryl methyl sites for hydroxylation is 1. The molecule has 0 fully saturated rings. The van der Waals surface area contributed by atoms with Crippen molar-refractivity contribution in [3.05, 3.63) is 68.2 Å². The number of rotatable bonds is 4. The molecule has 2 aromatic rings. The van der Waals surface area contributed by atoms with E-state index in [2.05, 4.69) is 26.5 Å². The van der Waals surface area contributed by atoms with E-state index in [0.29, 0.717) is 10.0 Å². The number of hydroxylamine groups is 1. The van der Waals surface area contributed by atoms with Gasteiger partial charge in [0.05, 0.1) is 20.5 Å². The molecule has 150 valence electrons. The van der Waals surface area contributed by atoms with Gasteiger partial charge in [0.2, 0.25) is 5.96 Å². The van der Waals surface area contributed by atoms with Crippen LogP contribution >= 0.6 is 15.9 Å². The van der Waals surface area contributed by atoms with E-state index in [9.17, 15) is 18.5 Å². The number of nitrogens with one attached hydrogen (secondary N) is 3. The van der Waals surface area contributed by atoms with Gasteiger partial charge < -0.3 is 0 Å². The summed E-state index contributed by atoms with van der Waals surface area (Å²) in [7, 11) is -4.02. The van der Waals surface area contributed by atoms with Crippen molar-refractivity contribution in [1.29, 1.82) is 5.41 Å². The minimum Gasteiger partial charge on any atom is -0.288 e. The van der Waals surface area contributed by atoms with E-state index in [1.54, 1.807) is 18.2 Å². The van der Waals surface area contributed by atoms with Gasteiger partial charge in [0.15, 0.2) is 0 Å². The number of hydrogen-bond acceptors (Lipinski definition) is 7. The average Bonchev–Trinajstić information content (AvgIpc) is 2.62. The van der Waals surface area contributed by atoms with Crippen molar-refractivity contribution in [2.45, 2.75) is 11.8 Å². The molecule has 0 heterocycles. The van der Waals surface area contributed by atoms with Crippen molar-refractivity contribution in [3.8, 4) is 0 Å². The molecule has 2 aromatic carbocycles. The number of benzene rings is 2. The Kier molecular flexibility index (Phi) is 8.66. The maximum atomic E-state index is 10.6. The number of nitrogens with zero attached hydrogens (tertiary/aromatic N) is 2. The van der Waals surface area contributed by atoms with Crippen molar-refractivity contribution in [1.82, 2.24) is 10.9 Å². The van der Waals surface area contributed by atoms with Crippen LogP contribution in [0.25, 0.3) is 0 Å². The Morgan fingerprint density at radius 3 is 2.39 bits per heavy atom. The van der Waals surface area contributed by atoms with Crippen molar-refractivity contribution >= 4 is 43.9 Å². The van der Waals surface area contributed by atoms with Crippen LogP contribution in [0.3, 0.4) is 0 Å². The maximum absolute atomic E-state index is 10.6. The number of hydrogen-bond donors (Lipinski definition) is 5. The van der Waals surface area contributed by atoms with E-state index < -0.39 is 21.0 Å². The van der Waals surface area contributed by atoms with Crippen molar-refractivity contribution < 1.29 is 23.1 Å². The minimum absolute atomic E-state index is 0.0666. The molecule has 28 heavy (non-hydrogen) atoms. The molecule has 0 saturated heterocycles. The lowest BCUT2D eigenvalue weighted by atomic mass is 10.2. The van der Waals surface area contributed by atoms with Gasteiger partial charge in [-0.2, -0.15) is 13.5 Å². The highest BCUT2D eigenvalue weighted by atomic mass is 79.9. The predicted octanol–water partition coefficient (Wildman–Crippen LogP) is 2.44. The maximum Gasteiger partial charge on any atom is 0.294 e. The fourth-order valence-electron chi connectivity index (χ4n) is 1.66. The summed E-state index contributed by atoms with van der Waals surface area (Å²) < 4.78 is 29.9. The van der Waals surface area contributed by atoms with E-state index in [0.717, 1.165) is 5.56 Å². The Balaban J connectivity index is 0.000000307. The summed E-state index contributed by atoms with van der Waals surface area (Å²) in [5.74, 6) is -0.409. The summed E-state index contributed by atoms with van der Waals surface area (Å²) in [4.78, 5) is 10.1. The molecule has 0 aliphatic rings. The minimum atomic E-state index is -4.02. The van der Waals surface area contributed by atoms with Crippen LogP contribution < -0.4 is 10.9 Å². The first kappa shape index (κ1) is 23.2. The van der Waals surface area contributed by atoms with Crippen LogP contribution in [0.4, 0.5) is 5.69 Å². The Morgan fingerprint density at radius 2 is 1.89 bits per heavy atom. The van der Waals surface area contributed by atoms with Gasteiger partial charge in [-0.25, -0.2) is 10.9 Å². The lowest BCUT2D eigenvalue weighted by Crippen LogP contribution is -2.30. The molecule has 5 N–H and O–H groups in total. The van der Waals surface area contributed by atoms with Gasteiger partial charge >= 0.3 is 0 Å². The third-order valence-electron chi connectivity index (χ3n) is 2.99. The highest BCUT2D eigenvalue weighted by Gasteiger charge is 2.11. The van der Waals surface area contributed by atoms with Crippen LogP contribution in [-0.4, -0.2) is 35.3 Å². The largest absolute Gasteiger partial charge is 0.294 e. The summed E-state index contributed by atoms with van der Waals surface area (Å²) in [6.45, 7) is 1.84. The zero-order valence-corrected chi connectivity index (χ0v) is 16.7. The number of nitro groups is 1. The Labute approximate surface area is 168 Å². The standard InChI is InChI=1S/C8H8BrN5O3.C7H8O3S/c9-6-2-1-5(3-7(6)14(16)17)4-11-12-8(10)13-15;1-6-2-4-7(5-3-6)11(8,9)10/h1-4,15H,(H3,10,12,13);2-5H,1H3,(H,8,9,10). The van der Waals surface area contributed by atoms with Crippen LogP contribution in [0, 0.1) is 22.4 Å². The van der Waals surface area contributed by atoms with Gasteiger partial charge in [-0.15, -0.1) is 0 Å². The molecule has 0 bridgehead atoms. The van der Waals surface area contributed by atoms with Crippen LogP contribution in [0.2, 0.25) is 0 Å². The smallest absolute Gasteiger partial charge is 0.288 e. The van der Waals surface area contributed by atoms with Crippen LogP contribution in [0.1, 0.15) is 11.1 Å². The molecule has 0 saturated carbocycles. The van der Waals surface area contributed by atoms with Crippen LogP contribution in [0.5, 0.6) is 0 Å². The Morgan fingerprint density at radius 1 is 1.29 bits per heavy atom. The lowest BCUT2D eigenvalue weighted by Gasteiger charge is -1.99. The van der Waals surface area contributed by atoms with Gasteiger partial charge in [0.1, 0.15) is 0 Å². The quantitative estimate of drug-likeness (QED) is 0.147. The van der Waals surface area contributed by atoms with Crippen molar-refractivity contribution in [2.24, 2.45) is 5.10 Å². The molecule has 0 aliphatic carbocycles. The zero-order valence-electron chi connectivity index (χ0n) is 14.3. The highest BCUT2D eigenvalue weighted by molar-refractivity contribution is 9.10.